The molecule has 7 heteroatoms. The number of nitrogens with two attached hydrogens (primary N) is 1. The molecule has 22 heavy (non-hydrogen) atoms. The molecule has 0 bridgehead atoms. The van der Waals surface area contributed by atoms with Gasteiger partial charge in [0.25, 0.3) is 0 Å². The highest BCUT2D eigenvalue weighted by molar-refractivity contribution is 5.85. The first-order chi connectivity index (χ1) is 10.2. The molecule has 0 unspecified atom stereocenters. The quantitative estimate of drug-likeness (QED) is 0.775. The summed E-state index contributed by atoms with van der Waals surface area (Å²) in [5.74, 6) is 0.373. The Kier molecular flexibility index (Phi) is 4.95. The van der Waals surface area contributed by atoms with Gasteiger partial charge in [0.05, 0.1) is 5.69 Å². The molecule has 0 aliphatic heterocycles. The van der Waals surface area contributed by atoms with E-state index in [-0.39, 0.29) is 24.2 Å². The average Bonchev–Trinajstić information content (AvgIpc) is 2.88. The third-order valence-corrected chi connectivity index (χ3v) is 3.03. The Morgan fingerprint density at radius 3 is 2.45 bits per heavy atom. The molecule has 3 aromatic rings. The molecule has 0 aliphatic carbocycles. The van der Waals surface area contributed by atoms with Crippen LogP contribution in [0.5, 0.6) is 0 Å². The van der Waals surface area contributed by atoms with E-state index in [1.54, 1.807) is 18.2 Å². The molecule has 0 saturated heterocycles. The fourth-order valence-corrected chi connectivity index (χ4v) is 1.97. The summed E-state index contributed by atoms with van der Waals surface area (Å²) in [5.41, 5.74) is 7.22. The lowest BCUT2D eigenvalue weighted by Gasteiger charge is -2.03. The standard InChI is InChI=1S/C15H14FN5.ClH/c16-13-9-5-4-6-11(13)10-18-15-19-14(17)21(20-15)12-7-2-1-3-8-12;/h1-9H,10H2,(H3,17,18,19,20);1H. The second-order valence-electron chi connectivity index (χ2n) is 4.49. The summed E-state index contributed by atoms with van der Waals surface area (Å²) in [4.78, 5) is 4.13. The number of hydrogen-bond acceptors (Lipinski definition) is 4. The van der Waals surface area contributed by atoms with Gasteiger partial charge in [-0.1, -0.05) is 36.4 Å². The lowest BCUT2D eigenvalue weighted by Crippen LogP contribution is -2.04. The van der Waals surface area contributed by atoms with Crippen molar-refractivity contribution in [1.29, 1.82) is 0 Å². The fraction of sp³-hybridized carbons (Fsp3) is 0.0667. The number of nitrogen functional groups attached to an aromatic ring is 1. The molecular weight excluding hydrogens is 305 g/mol. The molecule has 3 N–H and O–H groups in total. The highest BCUT2D eigenvalue weighted by Crippen LogP contribution is 2.14. The molecule has 0 amide bonds. The highest BCUT2D eigenvalue weighted by Gasteiger charge is 2.09. The van der Waals surface area contributed by atoms with Crippen molar-refractivity contribution in [3.8, 4) is 5.69 Å². The molecule has 0 atom stereocenters. The average molecular weight is 320 g/mol. The van der Waals surface area contributed by atoms with Crippen LogP contribution in [0.15, 0.2) is 54.6 Å². The van der Waals surface area contributed by atoms with Crippen molar-refractivity contribution in [1.82, 2.24) is 14.8 Å². The van der Waals surface area contributed by atoms with Gasteiger partial charge in [-0.2, -0.15) is 9.67 Å². The molecule has 114 valence electrons. The van der Waals surface area contributed by atoms with Gasteiger partial charge in [-0.25, -0.2) is 4.39 Å². The fourth-order valence-electron chi connectivity index (χ4n) is 1.97. The summed E-state index contributed by atoms with van der Waals surface area (Å²) in [6, 6.07) is 16.0. The molecule has 0 saturated carbocycles. The van der Waals surface area contributed by atoms with Crippen LogP contribution in [0, 0.1) is 5.82 Å². The number of aromatic nitrogens is 3. The van der Waals surface area contributed by atoms with Gasteiger partial charge in [0.15, 0.2) is 0 Å². The molecule has 0 radical (unpaired) electrons. The van der Waals surface area contributed by atoms with Gasteiger partial charge in [-0.05, 0) is 18.2 Å². The predicted octanol–water partition coefficient (Wildman–Crippen LogP) is 3.02. The van der Waals surface area contributed by atoms with E-state index in [9.17, 15) is 4.39 Å². The Bertz CT molecular complexity index is 745. The van der Waals surface area contributed by atoms with E-state index in [1.165, 1.54) is 10.7 Å². The Hall–Kier alpha value is -2.60. The first kappa shape index (κ1) is 15.8. The van der Waals surface area contributed by atoms with E-state index in [4.69, 9.17) is 5.73 Å². The Morgan fingerprint density at radius 1 is 1.05 bits per heavy atom. The number of hydrogen-bond donors (Lipinski definition) is 2. The molecule has 2 aromatic carbocycles. The first-order valence-electron chi connectivity index (χ1n) is 6.49. The Labute approximate surface area is 133 Å². The van der Waals surface area contributed by atoms with Gasteiger partial charge in [0.2, 0.25) is 11.9 Å². The van der Waals surface area contributed by atoms with E-state index in [2.05, 4.69) is 15.4 Å². The third-order valence-electron chi connectivity index (χ3n) is 3.03. The zero-order chi connectivity index (χ0) is 14.7. The SMILES string of the molecule is Cl.Nc1nc(NCc2ccccc2F)nn1-c1ccccc1. The largest absolute Gasteiger partial charge is 0.368 e. The van der Waals surface area contributed by atoms with Gasteiger partial charge in [-0.3, -0.25) is 0 Å². The minimum absolute atomic E-state index is 0. The zero-order valence-corrected chi connectivity index (χ0v) is 12.4. The third kappa shape index (κ3) is 3.35. The number of nitrogens with zero attached hydrogens (tertiary/aromatic N) is 3. The first-order valence-corrected chi connectivity index (χ1v) is 6.49. The maximum absolute atomic E-state index is 13.5. The van der Waals surface area contributed by atoms with Crippen LogP contribution in [-0.4, -0.2) is 14.8 Å². The van der Waals surface area contributed by atoms with Crippen molar-refractivity contribution in [3.05, 3.63) is 66.0 Å². The van der Waals surface area contributed by atoms with Crippen LogP contribution < -0.4 is 11.1 Å². The molecule has 0 fully saturated rings. The van der Waals surface area contributed by atoms with Crippen molar-refractivity contribution < 1.29 is 4.39 Å². The van der Waals surface area contributed by atoms with Crippen LogP contribution in [0.25, 0.3) is 5.69 Å². The number of rotatable bonds is 4. The highest BCUT2D eigenvalue weighted by atomic mass is 35.5. The van der Waals surface area contributed by atoms with E-state index >= 15 is 0 Å². The maximum atomic E-state index is 13.5. The Morgan fingerprint density at radius 2 is 1.73 bits per heavy atom. The Balaban J connectivity index is 0.00000176. The molecule has 0 aliphatic rings. The second kappa shape index (κ2) is 6.91. The van der Waals surface area contributed by atoms with Crippen molar-refractivity contribution in [3.63, 3.8) is 0 Å². The van der Waals surface area contributed by atoms with E-state index < -0.39 is 0 Å². The smallest absolute Gasteiger partial charge is 0.244 e. The molecule has 3 rings (SSSR count). The topological polar surface area (TPSA) is 68.8 Å². The van der Waals surface area contributed by atoms with Crippen molar-refractivity contribution >= 4 is 24.3 Å². The van der Waals surface area contributed by atoms with Crippen LogP contribution in [0.4, 0.5) is 16.3 Å². The summed E-state index contributed by atoms with van der Waals surface area (Å²) in [6.07, 6.45) is 0. The minimum Gasteiger partial charge on any atom is -0.368 e. The van der Waals surface area contributed by atoms with Crippen molar-refractivity contribution in [2.24, 2.45) is 0 Å². The van der Waals surface area contributed by atoms with Gasteiger partial charge in [0, 0.05) is 12.1 Å². The second-order valence-corrected chi connectivity index (χ2v) is 4.49. The molecular formula is C15H15ClFN5. The van der Waals surface area contributed by atoms with Crippen molar-refractivity contribution in [2.75, 3.05) is 11.1 Å². The number of anilines is 2. The van der Waals surface area contributed by atoms with Crippen molar-refractivity contribution in [2.45, 2.75) is 6.54 Å². The normalized spacial score (nSPS) is 10.0. The summed E-state index contributed by atoms with van der Waals surface area (Å²) < 4.78 is 15.1. The van der Waals surface area contributed by atoms with E-state index in [1.807, 2.05) is 30.3 Å². The molecule has 1 heterocycles. The summed E-state index contributed by atoms with van der Waals surface area (Å²) in [6.45, 7) is 0.297. The zero-order valence-electron chi connectivity index (χ0n) is 11.6. The number of nitrogens with one attached hydrogen (secondary N) is 1. The van der Waals surface area contributed by atoms with E-state index in [0.29, 0.717) is 18.1 Å². The van der Waals surface area contributed by atoms with Crippen LogP contribution in [0.2, 0.25) is 0 Å². The van der Waals surface area contributed by atoms with Gasteiger partial charge < -0.3 is 11.1 Å². The summed E-state index contributed by atoms with van der Waals surface area (Å²) >= 11 is 0. The lowest BCUT2D eigenvalue weighted by molar-refractivity contribution is 0.612. The molecule has 0 spiro atoms. The maximum Gasteiger partial charge on any atom is 0.244 e. The van der Waals surface area contributed by atoms with Crippen LogP contribution in [0.3, 0.4) is 0 Å². The minimum atomic E-state index is -0.263. The number of para-hydroxylation sites is 1. The summed E-state index contributed by atoms with van der Waals surface area (Å²) in [7, 11) is 0. The molecule has 1 aromatic heterocycles. The lowest BCUT2D eigenvalue weighted by atomic mass is 10.2. The van der Waals surface area contributed by atoms with Gasteiger partial charge >= 0.3 is 0 Å². The molecule has 5 nitrogen and oxygen atoms in total. The predicted molar refractivity (Wildman–Crippen MR) is 86.7 cm³/mol. The van der Waals surface area contributed by atoms with Gasteiger partial charge in [0.1, 0.15) is 5.82 Å². The number of benzene rings is 2. The summed E-state index contributed by atoms with van der Waals surface area (Å²) in [5, 5.41) is 7.24. The van der Waals surface area contributed by atoms with Crippen LogP contribution in [0.1, 0.15) is 5.56 Å². The van der Waals surface area contributed by atoms with Gasteiger partial charge in [-0.15, -0.1) is 17.5 Å². The monoisotopic (exact) mass is 319 g/mol. The van der Waals surface area contributed by atoms with Crippen LogP contribution in [-0.2, 0) is 6.54 Å². The van der Waals surface area contributed by atoms with Crippen LogP contribution >= 0.6 is 12.4 Å². The van der Waals surface area contributed by atoms with E-state index in [0.717, 1.165) is 5.69 Å². The number of halogens is 2.